The van der Waals surface area contributed by atoms with Crippen LogP contribution in [0, 0.1) is 18.6 Å². The van der Waals surface area contributed by atoms with E-state index in [1.807, 2.05) is 6.92 Å². The standard InChI is InChI=1S/C22H20F2N2O3/c1-14-18(12-25-26(14)2)20(27)7-4-15-5-8-21(28-3)16(10-15)13-29-22-9-6-17(23)11-19(22)24/h4-12H,13H2,1-3H3/b7-4+. The van der Waals surface area contributed by atoms with Crippen LogP contribution in [0.3, 0.4) is 0 Å². The van der Waals surface area contributed by atoms with E-state index in [2.05, 4.69) is 5.10 Å². The average molecular weight is 398 g/mol. The molecule has 0 aliphatic rings. The molecule has 0 unspecified atom stereocenters. The molecule has 7 heteroatoms. The predicted molar refractivity (Wildman–Crippen MR) is 105 cm³/mol. The molecule has 1 aromatic heterocycles. The topological polar surface area (TPSA) is 53.3 Å². The number of methoxy groups -OCH3 is 1. The van der Waals surface area contributed by atoms with E-state index in [1.165, 1.54) is 25.4 Å². The third-order valence-corrected chi connectivity index (χ3v) is 4.51. The van der Waals surface area contributed by atoms with Crippen LogP contribution in [0.15, 0.2) is 48.7 Å². The first-order valence-electron chi connectivity index (χ1n) is 8.85. The number of rotatable bonds is 7. The van der Waals surface area contributed by atoms with E-state index in [0.717, 1.165) is 23.4 Å². The quantitative estimate of drug-likeness (QED) is 0.435. The first kappa shape index (κ1) is 20.3. The van der Waals surface area contributed by atoms with E-state index in [0.29, 0.717) is 16.9 Å². The maximum atomic E-state index is 13.8. The van der Waals surface area contributed by atoms with Gasteiger partial charge in [0.1, 0.15) is 18.2 Å². The van der Waals surface area contributed by atoms with Crippen LogP contribution >= 0.6 is 0 Å². The van der Waals surface area contributed by atoms with Gasteiger partial charge in [0.2, 0.25) is 0 Å². The van der Waals surface area contributed by atoms with Crippen LogP contribution in [0.5, 0.6) is 11.5 Å². The number of carbonyl (C=O) groups excluding carboxylic acids is 1. The van der Waals surface area contributed by atoms with Gasteiger partial charge in [0.15, 0.2) is 17.3 Å². The number of nitrogens with zero attached hydrogens (tertiary/aromatic N) is 2. The molecule has 0 aliphatic carbocycles. The van der Waals surface area contributed by atoms with Gasteiger partial charge in [0, 0.05) is 24.4 Å². The second-order valence-corrected chi connectivity index (χ2v) is 6.40. The lowest BCUT2D eigenvalue weighted by Gasteiger charge is -2.12. The van der Waals surface area contributed by atoms with Gasteiger partial charge in [0.25, 0.3) is 0 Å². The summed E-state index contributed by atoms with van der Waals surface area (Å²) in [6, 6.07) is 8.43. The summed E-state index contributed by atoms with van der Waals surface area (Å²) in [5.74, 6) is -1.11. The molecule has 0 saturated carbocycles. The van der Waals surface area contributed by atoms with Gasteiger partial charge in [0.05, 0.1) is 18.9 Å². The zero-order valence-corrected chi connectivity index (χ0v) is 16.3. The van der Waals surface area contributed by atoms with Crippen LogP contribution in [0.1, 0.15) is 27.2 Å². The SMILES string of the molecule is COc1ccc(/C=C/C(=O)c2cnn(C)c2C)cc1COc1ccc(F)cc1F. The fraction of sp³-hybridized carbons (Fsp3) is 0.182. The van der Waals surface area contributed by atoms with Crippen molar-refractivity contribution in [1.29, 1.82) is 0 Å². The lowest BCUT2D eigenvalue weighted by molar-refractivity contribution is 0.104. The maximum absolute atomic E-state index is 13.8. The first-order valence-corrected chi connectivity index (χ1v) is 8.85. The van der Waals surface area contributed by atoms with Crippen LogP contribution in [-0.4, -0.2) is 22.7 Å². The second-order valence-electron chi connectivity index (χ2n) is 6.40. The Morgan fingerprint density at radius 2 is 1.93 bits per heavy atom. The predicted octanol–water partition coefficient (Wildman–Crippen LogP) is 4.49. The molecule has 0 amide bonds. The normalized spacial score (nSPS) is 11.1. The van der Waals surface area contributed by atoms with Crippen LogP contribution in [0.4, 0.5) is 8.78 Å². The Morgan fingerprint density at radius 3 is 2.59 bits per heavy atom. The molecular weight excluding hydrogens is 378 g/mol. The Labute approximate surface area is 167 Å². The van der Waals surface area contributed by atoms with Crippen molar-refractivity contribution in [2.45, 2.75) is 13.5 Å². The van der Waals surface area contributed by atoms with E-state index in [1.54, 1.807) is 36.0 Å². The van der Waals surface area contributed by atoms with Crippen molar-refractivity contribution in [3.05, 3.63) is 82.7 Å². The van der Waals surface area contributed by atoms with Crippen LogP contribution in [0.2, 0.25) is 0 Å². The summed E-state index contributed by atoms with van der Waals surface area (Å²) in [7, 11) is 3.29. The van der Waals surface area contributed by atoms with Gasteiger partial charge in [-0.3, -0.25) is 9.48 Å². The number of hydrogen-bond acceptors (Lipinski definition) is 4. The maximum Gasteiger partial charge on any atom is 0.189 e. The smallest absolute Gasteiger partial charge is 0.189 e. The van der Waals surface area contributed by atoms with E-state index >= 15 is 0 Å². The fourth-order valence-electron chi connectivity index (χ4n) is 2.77. The molecule has 3 rings (SSSR count). The third-order valence-electron chi connectivity index (χ3n) is 4.51. The average Bonchev–Trinajstić information content (AvgIpc) is 3.04. The minimum absolute atomic E-state index is 0.0169. The van der Waals surface area contributed by atoms with Gasteiger partial charge >= 0.3 is 0 Å². The van der Waals surface area contributed by atoms with Gasteiger partial charge in [-0.2, -0.15) is 5.10 Å². The lowest BCUT2D eigenvalue weighted by atomic mass is 10.1. The molecule has 0 spiro atoms. The molecular formula is C22H20F2N2O3. The molecule has 0 radical (unpaired) electrons. The molecule has 3 aromatic rings. The van der Waals surface area contributed by atoms with Crippen molar-refractivity contribution in [3.8, 4) is 11.5 Å². The number of hydrogen-bond donors (Lipinski definition) is 0. The Hall–Kier alpha value is -3.48. The summed E-state index contributed by atoms with van der Waals surface area (Å²) < 4.78 is 39.2. The van der Waals surface area contributed by atoms with E-state index < -0.39 is 11.6 Å². The molecule has 0 N–H and O–H groups in total. The second kappa shape index (κ2) is 8.68. The molecule has 0 bridgehead atoms. The number of benzene rings is 2. The van der Waals surface area contributed by atoms with Crippen LogP contribution in [-0.2, 0) is 13.7 Å². The van der Waals surface area contributed by atoms with E-state index in [9.17, 15) is 13.6 Å². The molecule has 29 heavy (non-hydrogen) atoms. The molecule has 5 nitrogen and oxygen atoms in total. The van der Waals surface area contributed by atoms with Crippen molar-refractivity contribution in [2.24, 2.45) is 7.05 Å². The van der Waals surface area contributed by atoms with Crippen LogP contribution in [0.25, 0.3) is 6.08 Å². The van der Waals surface area contributed by atoms with Crippen molar-refractivity contribution < 1.29 is 23.0 Å². The Balaban J connectivity index is 1.77. The minimum atomic E-state index is -0.780. The third kappa shape index (κ3) is 4.68. The molecule has 0 saturated heterocycles. The van der Waals surface area contributed by atoms with Crippen molar-refractivity contribution in [1.82, 2.24) is 9.78 Å². The van der Waals surface area contributed by atoms with Gasteiger partial charge in [-0.25, -0.2) is 8.78 Å². The number of allylic oxidation sites excluding steroid dienone is 1. The summed E-state index contributed by atoms with van der Waals surface area (Å²) in [6.45, 7) is 1.84. The Bertz CT molecular complexity index is 1070. The summed E-state index contributed by atoms with van der Waals surface area (Å²) in [5.41, 5.74) is 2.72. The number of aryl methyl sites for hydroxylation is 1. The van der Waals surface area contributed by atoms with Crippen LogP contribution < -0.4 is 9.47 Å². The molecule has 2 aromatic carbocycles. The zero-order valence-electron chi connectivity index (χ0n) is 16.3. The van der Waals surface area contributed by atoms with E-state index in [4.69, 9.17) is 9.47 Å². The number of carbonyl (C=O) groups is 1. The largest absolute Gasteiger partial charge is 0.496 e. The Kier molecular flexibility index (Phi) is 6.07. The highest BCUT2D eigenvalue weighted by molar-refractivity contribution is 6.07. The summed E-state index contributed by atoms with van der Waals surface area (Å²) in [6.07, 6.45) is 4.68. The highest BCUT2D eigenvalue weighted by Gasteiger charge is 2.11. The van der Waals surface area contributed by atoms with Gasteiger partial charge < -0.3 is 9.47 Å². The van der Waals surface area contributed by atoms with Gasteiger partial charge in [-0.05, 0) is 42.8 Å². The zero-order chi connectivity index (χ0) is 21.0. The number of halogens is 2. The first-order chi connectivity index (χ1) is 13.9. The highest BCUT2D eigenvalue weighted by Crippen LogP contribution is 2.24. The van der Waals surface area contributed by atoms with Crippen molar-refractivity contribution >= 4 is 11.9 Å². The molecule has 0 fully saturated rings. The summed E-state index contributed by atoms with van der Waals surface area (Å²) in [4.78, 5) is 12.4. The summed E-state index contributed by atoms with van der Waals surface area (Å²) in [5, 5.41) is 4.07. The molecule has 1 heterocycles. The Morgan fingerprint density at radius 1 is 1.17 bits per heavy atom. The van der Waals surface area contributed by atoms with E-state index in [-0.39, 0.29) is 18.1 Å². The molecule has 150 valence electrons. The fourth-order valence-corrected chi connectivity index (χ4v) is 2.77. The lowest BCUT2D eigenvalue weighted by Crippen LogP contribution is -2.01. The van der Waals surface area contributed by atoms with Crippen molar-refractivity contribution in [3.63, 3.8) is 0 Å². The number of ether oxygens (including phenoxy) is 2. The number of aromatic nitrogens is 2. The van der Waals surface area contributed by atoms with Gasteiger partial charge in [-0.15, -0.1) is 0 Å². The number of ketones is 1. The monoisotopic (exact) mass is 398 g/mol. The summed E-state index contributed by atoms with van der Waals surface area (Å²) >= 11 is 0. The molecule has 0 aliphatic heterocycles. The van der Waals surface area contributed by atoms with Gasteiger partial charge in [-0.1, -0.05) is 12.1 Å². The van der Waals surface area contributed by atoms with Crippen molar-refractivity contribution in [2.75, 3.05) is 7.11 Å². The molecule has 0 atom stereocenters. The minimum Gasteiger partial charge on any atom is -0.496 e. The highest BCUT2D eigenvalue weighted by atomic mass is 19.1.